The van der Waals surface area contributed by atoms with Crippen molar-refractivity contribution in [2.24, 2.45) is 0 Å². The van der Waals surface area contributed by atoms with E-state index in [0.717, 1.165) is 0 Å². The molecule has 1 aromatic rings. The molecule has 0 saturated heterocycles. The minimum Gasteiger partial charge on any atom is -0.496 e. The summed E-state index contributed by atoms with van der Waals surface area (Å²) in [5, 5.41) is 9.86. The van der Waals surface area contributed by atoms with Gasteiger partial charge in [0.25, 0.3) is 0 Å². The van der Waals surface area contributed by atoms with Crippen molar-refractivity contribution in [3.05, 3.63) is 29.8 Å². The number of alkyl halides is 3. The van der Waals surface area contributed by atoms with Gasteiger partial charge in [-0.25, -0.2) is 0 Å². The summed E-state index contributed by atoms with van der Waals surface area (Å²) in [4.78, 5) is 0. The van der Waals surface area contributed by atoms with Gasteiger partial charge in [-0.05, 0) is 12.5 Å². The highest BCUT2D eigenvalue weighted by molar-refractivity contribution is 5.34. The Hall–Kier alpha value is -1.27. The number of methoxy groups -OCH3 is 1. The monoisotopic (exact) mass is 278 g/mol. The number of aliphatic hydroxyl groups excluding tert-OH is 1. The maximum Gasteiger partial charge on any atom is 0.389 e. The molecule has 0 amide bonds. The lowest BCUT2D eigenvalue weighted by atomic mass is 10.1. The van der Waals surface area contributed by atoms with E-state index in [0.29, 0.717) is 11.3 Å². The molecule has 108 valence electrons. The average Bonchev–Trinajstić information content (AvgIpc) is 2.36. The molecule has 0 bridgehead atoms. The Kier molecular flexibility index (Phi) is 6.11. The molecule has 0 aromatic heterocycles. The molecule has 6 heteroatoms. The van der Waals surface area contributed by atoms with Crippen LogP contribution in [0, 0.1) is 0 Å². The van der Waals surface area contributed by atoms with E-state index < -0.39 is 18.7 Å². The van der Waals surface area contributed by atoms with E-state index >= 15 is 0 Å². The molecule has 0 aliphatic heterocycles. The van der Waals surface area contributed by atoms with Crippen LogP contribution >= 0.6 is 0 Å². The zero-order chi connectivity index (χ0) is 14.3. The number of halogens is 3. The average molecular weight is 278 g/mol. The molecule has 1 atom stereocenters. The maximum absolute atomic E-state index is 11.9. The van der Waals surface area contributed by atoms with Crippen LogP contribution in [-0.2, 0) is 4.74 Å². The molecule has 0 aliphatic rings. The van der Waals surface area contributed by atoms with E-state index in [2.05, 4.69) is 0 Å². The van der Waals surface area contributed by atoms with Crippen molar-refractivity contribution in [1.82, 2.24) is 0 Å². The topological polar surface area (TPSA) is 38.7 Å². The first-order valence-electron chi connectivity index (χ1n) is 5.89. The van der Waals surface area contributed by atoms with Crippen LogP contribution in [0.4, 0.5) is 13.2 Å². The molecule has 1 N–H and O–H groups in total. The summed E-state index contributed by atoms with van der Waals surface area (Å²) in [6.45, 7) is -0.0933. The normalized spacial score (nSPS) is 13.3. The highest BCUT2D eigenvalue weighted by Crippen LogP contribution is 2.25. The summed E-state index contributed by atoms with van der Waals surface area (Å²) in [6, 6.07) is 6.88. The Morgan fingerprint density at radius 1 is 1.26 bits per heavy atom. The van der Waals surface area contributed by atoms with Gasteiger partial charge in [0.15, 0.2) is 0 Å². The Morgan fingerprint density at radius 2 is 1.95 bits per heavy atom. The summed E-state index contributed by atoms with van der Waals surface area (Å²) in [7, 11) is 1.48. The summed E-state index contributed by atoms with van der Waals surface area (Å²) in [6.07, 6.45) is -6.06. The molecule has 1 unspecified atom stereocenters. The lowest BCUT2D eigenvalue weighted by molar-refractivity contribution is -0.138. The van der Waals surface area contributed by atoms with Crippen LogP contribution in [0.2, 0.25) is 0 Å². The number of rotatable bonds is 7. The third kappa shape index (κ3) is 5.94. The highest BCUT2D eigenvalue weighted by atomic mass is 19.4. The molecule has 0 spiro atoms. The minimum atomic E-state index is -4.16. The Labute approximate surface area is 110 Å². The smallest absolute Gasteiger partial charge is 0.389 e. The zero-order valence-corrected chi connectivity index (χ0v) is 10.6. The highest BCUT2D eigenvalue weighted by Gasteiger charge is 2.26. The van der Waals surface area contributed by atoms with Crippen LogP contribution in [-0.4, -0.2) is 31.6 Å². The molecule has 0 saturated carbocycles. The fourth-order valence-corrected chi connectivity index (χ4v) is 1.60. The molecule has 0 radical (unpaired) electrons. The van der Waals surface area contributed by atoms with Crippen LogP contribution < -0.4 is 4.74 Å². The summed E-state index contributed by atoms with van der Waals surface area (Å²) < 4.78 is 45.8. The lowest BCUT2D eigenvalue weighted by Crippen LogP contribution is -2.12. The van der Waals surface area contributed by atoms with Crippen LogP contribution in [0.15, 0.2) is 24.3 Å². The third-order valence-electron chi connectivity index (χ3n) is 2.52. The number of aliphatic hydroxyl groups is 1. The number of hydrogen-bond acceptors (Lipinski definition) is 3. The molecule has 0 aliphatic carbocycles. The second-order valence-corrected chi connectivity index (χ2v) is 4.05. The van der Waals surface area contributed by atoms with Crippen molar-refractivity contribution < 1.29 is 27.8 Å². The Balaban J connectivity index is 2.33. The molecular formula is C13H17F3O3. The van der Waals surface area contributed by atoms with Crippen molar-refractivity contribution in [3.63, 3.8) is 0 Å². The lowest BCUT2D eigenvalue weighted by Gasteiger charge is -2.15. The number of benzene rings is 1. The second-order valence-electron chi connectivity index (χ2n) is 4.05. The van der Waals surface area contributed by atoms with E-state index in [1.807, 2.05) is 0 Å². The summed E-state index contributed by atoms with van der Waals surface area (Å²) >= 11 is 0. The largest absolute Gasteiger partial charge is 0.496 e. The van der Waals surface area contributed by atoms with E-state index in [1.165, 1.54) is 7.11 Å². The predicted octanol–water partition coefficient (Wildman–Crippen LogP) is 3.09. The fourth-order valence-electron chi connectivity index (χ4n) is 1.60. The van der Waals surface area contributed by atoms with E-state index in [-0.39, 0.29) is 19.6 Å². The van der Waals surface area contributed by atoms with Crippen LogP contribution in [0.5, 0.6) is 5.75 Å². The van der Waals surface area contributed by atoms with Crippen molar-refractivity contribution in [1.29, 1.82) is 0 Å². The van der Waals surface area contributed by atoms with Crippen LogP contribution in [0.1, 0.15) is 24.5 Å². The van der Waals surface area contributed by atoms with Gasteiger partial charge in [0.1, 0.15) is 11.9 Å². The van der Waals surface area contributed by atoms with Gasteiger partial charge in [0, 0.05) is 18.6 Å². The van der Waals surface area contributed by atoms with Gasteiger partial charge in [-0.3, -0.25) is 0 Å². The van der Waals surface area contributed by atoms with Crippen molar-refractivity contribution >= 4 is 0 Å². The van der Waals surface area contributed by atoms with Gasteiger partial charge in [-0.15, -0.1) is 0 Å². The first kappa shape index (κ1) is 15.8. The van der Waals surface area contributed by atoms with Crippen molar-refractivity contribution in [2.45, 2.75) is 25.1 Å². The number of para-hydroxylation sites is 1. The predicted molar refractivity (Wildman–Crippen MR) is 64.1 cm³/mol. The number of ether oxygens (including phenoxy) is 2. The minimum absolute atomic E-state index is 0.0360. The van der Waals surface area contributed by atoms with E-state index in [9.17, 15) is 18.3 Å². The SMILES string of the molecule is COc1ccccc1C(O)COCCCC(F)(F)F. The molecule has 1 aromatic carbocycles. The maximum atomic E-state index is 11.9. The van der Waals surface area contributed by atoms with Gasteiger partial charge >= 0.3 is 6.18 Å². The van der Waals surface area contributed by atoms with Crippen LogP contribution in [0.25, 0.3) is 0 Å². The van der Waals surface area contributed by atoms with Gasteiger partial charge in [-0.1, -0.05) is 18.2 Å². The fraction of sp³-hybridized carbons (Fsp3) is 0.538. The van der Waals surface area contributed by atoms with E-state index in [1.54, 1.807) is 24.3 Å². The summed E-state index contributed by atoms with van der Waals surface area (Å²) in [5.74, 6) is 0.522. The first-order valence-corrected chi connectivity index (χ1v) is 5.89. The van der Waals surface area contributed by atoms with Crippen LogP contribution in [0.3, 0.4) is 0 Å². The second kappa shape index (κ2) is 7.35. The van der Waals surface area contributed by atoms with Gasteiger partial charge in [-0.2, -0.15) is 13.2 Å². The van der Waals surface area contributed by atoms with Crippen molar-refractivity contribution in [2.75, 3.05) is 20.3 Å². The Bertz CT molecular complexity index is 380. The summed E-state index contributed by atoms with van der Waals surface area (Å²) in [5.41, 5.74) is 0.556. The quantitative estimate of drug-likeness (QED) is 0.779. The van der Waals surface area contributed by atoms with E-state index in [4.69, 9.17) is 9.47 Å². The number of hydrogen-bond donors (Lipinski definition) is 1. The molecule has 19 heavy (non-hydrogen) atoms. The third-order valence-corrected chi connectivity index (χ3v) is 2.52. The first-order chi connectivity index (χ1) is 8.94. The molecular weight excluding hydrogens is 261 g/mol. The Morgan fingerprint density at radius 3 is 2.58 bits per heavy atom. The molecule has 0 heterocycles. The van der Waals surface area contributed by atoms with Gasteiger partial charge in [0.2, 0.25) is 0 Å². The molecule has 1 rings (SSSR count). The molecule has 0 fully saturated rings. The van der Waals surface area contributed by atoms with Crippen molar-refractivity contribution in [3.8, 4) is 5.75 Å². The van der Waals surface area contributed by atoms with Gasteiger partial charge in [0.05, 0.1) is 13.7 Å². The standard InChI is InChI=1S/C13H17F3O3/c1-18-12-6-3-2-5-10(12)11(17)9-19-8-4-7-13(14,15)16/h2-3,5-6,11,17H,4,7-9H2,1H3. The van der Waals surface area contributed by atoms with Gasteiger partial charge < -0.3 is 14.6 Å². The zero-order valence-electron chi connectivity index (χ0n) is 10.6. The molecule has 3 nitrogen and oxygen atoms in total.